The predicted octanol–water partition coefficient (Wildman–Crippen LogP) is 5.55. The Morgan fingerprint density at radius 3 is 2.68 bits per heavy atom. The zero-order valence-electron chi connectivity index (χ0n) is 21.3. The van der Waals surface area contributed by atoms with Gasteiger partial charge in [-0.2, -0.15) is 13.2 Å². The summed E-state index contributed by atoms with van der Waals surface area (Å²) in [6.45, 7) is 5.62. The van der Waals surface area contributed by atoms with Crippen LogP contribution in [-0.4, -0.2) is 66.1 Å². The van der Waals surface area contributed by atoms with Crippen molar-refractivity contribution in [3.8, 4) is 11.1 Å². The highest BCUT2D eigenvalue weighted by Crippen LogP contribution is 2.34. The zero-order chi connectivity index (χ0) is 26.6. The van der Waals surface area contributed by atoms with Crippen LogP contribution in [0.4, 0.5) is 29.5 Å². The summed E-state index contributed by atoms with van der Waals surface area (Å²) >= 11 is 0. The summed E-state index contributed by atoms with van der Waals surface area (Å²) in [4.78, 5) is 19.1. The van der Waals surface area contributed by atoms with Gasteiger partial charge in [0.2, 0.25) is 0 Å². The summed E-state index contributed by atoms with van der Waals surface area (Å²) in [6.07, 6.45) is -2.98. The van der Waals surface area contributed by atoms with E-state index in [4.69, 9.17) is 9.72 Å². The number of anilines is 2. The lowest BCUT2D eigenvalue weighted by Gasteiger charge is -2.24. The van der Waals surface area contributed by atoms with Crippen LogP contribution in [0.1, 0.15) is 49.8 Å². The van der Waals surface area contributed by atoms with Crippen LogP contribution < -0.4 is 10.6 Å². The second-order valence-corrected chi connectivity index (χ2v) is 10.2. The lowest BCUT2D eigenvalue weighted by molar-refractivity contribution is -0.143. The molecule has 202 valence electrons. The van der Waals surface area contributed by atoms with Crippen molar-refractivity contribution >= 4 is 17.5 Å². The number of hydrogen-bond acceptors (Lipinski definition) is 5. The van der Waals surface area contributed by atoms with Gasteiger partial charge >= 0.3 is 12.2 Å². The maximum absolute atomic E-state index is 12.8. The molecule has 0 bridgehead atoms. The maximum Gasteiger partial charge on any atom is 0.389 e. The number of nitrogens with one attached hydrogen (secondary N) is 2. The molecule has 37 heavy (non-hydrogen) atoms. The molecule has 7 nitrogen and oxygen atoms in total. The van der Waals surface area contributed by atoms with Gasteiger partial charge in [0.05, 0.1) is 6.61 Å². The van der Waals surface area contributed by atoms with Gasteiger partial charge in [-0.25, -0.2) is 9.78 Å². The van der Waals surface area contributed by atoms with Gasteiger partial charge in [0.25, 0.3) is 0 Å². The van der Waals surface area contributed by atoms with Crippen molar-refractivity contribution in [1.29, 1.82) is 0 Å². The highest BCUT2D eigenvalue weighted by molar-refractivity contribution is 5.90. The van der Waals surface area contributed by atoms with E-state index in [1.165, 1.54) is 4.90 Å². The molecule has 0 radical (unpaired) electrons. The lowest BCUT2D eigenvalue weighted by atomic mass is 9.92. The molecule has 2 aliphatic heterocycles. The van der Waals surface area contributed by atoms with E-state index in [2.05, 4.69) is 16.7 Å². The van der Waals surface area contributed by atoms with Gasteiger partial charge in [-0.1, -0.05) is 6.07 Å². The number of ether oxygens (including phenoxy) is 1. The minimum Gasteiger partial charge on any atom is -0.394 e. The molecular weight excluding hydrogens is 485 g/mol. The number of hydrogen-bond donors (Lipinski definition) is 3. The highest BCUT2D eigenvalue weighted by atomic mass is 19.4. The Labute approximate surface area is 215 Å². The number of aliphatic hydroxyl groups excluding tert-OH is 1. The third-order valence-electron chi connectivity index (χ3n) is 7.05. The Morgan fingerprint density at radius 1 is 1.22 bits per heavy atom. The molecule has 2 fully saturated rings. The van der Waals surface area contributed by atoms with Gasteiger partial charge in [-0.3, -0.25) is 0 Å². The van der Waals surface area contributed by atoms with Gasteiger partial charge in [0.1, 0.15) is 5.82 Å². The Bertz CT molecular complexity index is 1090. The Morgan fingerprint density at radius 2 is 1.97 bits per heavy atom. The summed E-state index contributed by atoms with van der Waals surface area (Å²) in [7, 11) is 0. The smallest absolute Gasteiger partial charge is 0.389 e. The predicted molar refractivity (Wildman–Crippen MR) is 137 cm³/mol. The van der Waals surface area contributed by atoms with Crippen LogP contribution >= 0.6 is 0 Å². The number of carbonyl (C=O) groups excluding carboxylic acids is 1. The summed E-state index contributed by atoms with van der Waals surface area (Å²) < 4.78 is 43.8. The summed E-state index contributed by atoms with van der Waals surface area (Å²) in [5.41, 5.74) is 4.39. The second-order valence-electron chi connectivity index (χ2n) is 10.2. The number of benzene rings is 1. The molecule has 3 N–H and O–H groups in total. The molecule has 10 heteroatoms. The first-order valence-electron chi connectivity index (χ1n) is 12.8. The number of carbonyl (C=O) groups is 1. The molecule has 1 aromatic carbocycles. The van der Waals surface area contributed by atoms with Crippen molar-refractivity contribution in [2.24, 2.45) is 5.92 Å². The van der Waals surface area contributed by atoms with Crippen molar-refractivity contribution in [2.45, 2.75) is 57.7 Å². The van der Waals surface area contributed by atoms with Crippen LogP contribution in [0.25, 0.3) is 11.1 Å². The number of nitrogens with zero attached hydrogens (tertiary/aromatic N) is 2. The lowest BCUT2D eigenvalue weighted by Crippen LogP contribution is -2.33. The molecule has 0 saturated carbocycles. The van der Waals surface area contributed by atoms with Gasteiger partial charge in [0, 0.05) is 56.1 Å². The average Bonchev–Trinajstić information content (AvgIpc) is 3.32. The van der Waals surface area contributed by atoms with E-state index >= 15 is 0 Å². The van der Waals surface area contributed by atoms with Crippen LogP contribution in [0.5, 0.6) is 0 Å². The minimum absolute atomic E-state index is 0.0284. The first kappa shape index (κ1) is 27.2. The Hall–Kier alpha value is -2.85. The maximum atomic E-state index is 12.8. The Balaban J connectivity index is 1.55. The number of aryl methyl sites for hydroxylation is 1. The SMILES string of the molecule is Cc1ccc(NC(=O)N2CCC(CC(F)(F)F)C2)cc1-c1cc(NC(C)CO)nc(C2CCOCC2)c1. The van der Waals surface area contributed by atoms with Gasteiger partial charge in [0.15, 0.2) is 0 Å². The molecule has 2 amide bonds. The molecule has 2 unspecified atom stereocenters. The van der Waals surface area contributed by atoms with E-state index in [0.717, 1.165) is 35.2 Å². The van der Waals surface area contributed by atoms with Crippen LogP contribution in [0, 0.1) is 12.8 Å². The first-order chi connectivity index (χ1) is 17.6. The molecule has 2 atom stereocenters. The van der Waals surface area contributed by atoms with E-state index in [1.807, 2.05) is 32.0 Å². The van der Waals surface area contributed by atoms with Gasteiger partial charge in [-0.15, -0.1) is 0 Å². The minimum atomic E-state index is -4.22. The fraction of sp³-hybridized carbons (Fsp3) is 0.556. The number of rotatable bonds is 7. The molecule has 0 aliphatic carbocycles. The molecule has 1 aromatic heterocycles. The molecule has 0 spiro atoms. The van der Waals surface area contributed by atoms with E-state index in [1.54, 1.807) is 6.07 Å². The molecule has 2 aliphatic rings. The quantitative estimate of drug-likeness (QED) is 0.446. The van der Waals surface area contributed by atoms with Gasteiger partial charge in [-0.05, 0) is 80.0 Å². The third kappa shape index (κ3) is 7.35. The van der Waals surface area contributed by atoms with Crippen molar-refractivity contribution in [1.82, 2.24) is 9.88 Å². The summed E-state index contributed by atoms with van der Waals surface area (Å²) in [6, 6.07) is 9.05. The molecule has 4 rings (SSSR count). The largest absolute Gasteiger partial charge is 0.394 e. The number of alkyl halides is 3. The highest BCUT2D eigenvalue weighted by Gasteiger charge is 2.36. The first-order valence-corrected chi connectivity index (χ1v) is 12.8. The standard InChI is InChI=1S/C27H35F3N4O3/c1-17-3-4-22(32-26(36)34-8-5-19(15-34)14-27(28,29)30)13-23(17)21-11-24(20-6-9-37-10-7-20)33-25(12-21)31-18(2)16-35/h3-4,11-13,18-20,35H,5-10,14-16H2,1-2H3,(H,31,33)(H,32,36). The fourth-order valence-electron chi connectivity index (χ4n) is 5.01. The molecular formula is C27H35F3N4O3. The fourth-order valence-corrected chi connectivity index (χ4v) is 5.01. The van der Waals surface area contributed by atoms with Gasteiger partial charge < -0.3 is 25.4 Å². The number of aromatic nitrogens is 1. The number of urea groups is 1. The third-order valence-corrected chi connectivity index (χ3v) is 7.05. The average molecular weight is 521 g/mol. The van der Waals surface area contributed by atoms with Crippen LogP contribution in [0.3, 0.4) is 0 Å². The number of halogens is 3. The molecule has 2 saturated heterocycles. The monoisotopic (exact) mass is 520 g/mol. The number of aliphatic hydroxyl groups is 1. The number of pyridine rings is 1. The van der Waals surface area contributed by atoms with E-state index in [-0.39, 0.29) is 25.1 Å². The van der Waals surface area contributed by atoms with Crippen LogP contribution in [-0.2, 0) is 4.74 Å². The topological polar surface area (TPSA) is 86.7 Å². The van der Waals surface area contributed by atoms with E-state index in [0.29, 0.717) is 37.7 Å². The van der Waals surface area contributed by atoms with Crippen molar-refractivity contribution < 1.29 is 27.8 Å². The summed E-state index contributed by atoms with van der Waals surface area (Å²) in [5.74, 6) is 0.371. The number of amides is 2. The van der Waals surface area contributed by atoms with E-state index < -0.39 is 24.5 Å². The summed E-state index contributed by atoms with van der Waals surface area (Å²) in [5, 5.41) is 15.6. The molecule has 2 aromatic rings. The van der Waals surface area contributed by atoms with Crippen LogP contribution in [0.2, 0.25) is 0 Å². The van der Waals surface area contributed by atoms with E-state index in [9.17, 15) is 23.1 Å². The van der Waals surface area contributed by atoms with Crippen molar-refractivity contribution in [2.75, 3.05) is 43.5 Å². The van der Waals surface area contributed by atoms with Crippen LogP contribution in [0.15, 0.2) is 30.3 Å². The second kappa shape index (κ2) is 11.7. The molecule has 3 heterocycles. The number of likely N-dealkylation sites (tertiary alicyclic amines) is 1. The Kier molecular flexibility index (Phi) is 8.59. The van der Waals surface area contributed by atoms with Crippen molar-refractivity contribution in [3.63, 3.8) is 0 Å². The van der Waals surface area contributed by atoms with Crippen molar-refractivity contribution in [3.05, 3.63) is 41.6 Å². The normalized spacial score (nSPS) is 19.6. The zero-order valence-corrected chi connectivity index (χ0v) is 21.3.